The summed E-state index contributed by atoms with van der Waals surface area (Å²) in [5, 5.41) is 9.64. The average molecular weight is 269 g/mol. The van der Waals surface area contributed by atoms with Crippen molar-refractivity contribution in [1.82, 2.24) is 0 Å². The predicted molar refractivity (Wildman–Crippen MR) is 75.3 cm³/mol. The molecule has 1 rings (SSSR count). The van der Waals surface area contributed by atoms with Crippen LogP contribution in [0.5, 0.6) is 0 Å². The molecule has 1 aromatic carbocycles. The van der Waals surface area contributed by atoms with Crippen molar-refractivity contribution >= 4 is 17.6 Å². The van der Waals surface area contributed by atoms with Gasteiger partial charge in [0.25, 0.3) is 0 Å². The highest BCUT2D eigenvalue weighted by Crippen LogP contribution is 2.30. The molecule has 0 radical (unpaired) electrons. The summed E-state index contributed by atoms with van der Waals surface area (Å²) in [5.74, 6) is -0.744. The predicted octanol–water partition coefficient (Wildman–Crippen LogP) is 4.39. The van der Waals surface area contributed by atoms with Crippen molar-refractivity contribution in [2.75, 3.05) is 0 Å². The summed E-state index contributed by atoms with van der Waals surface area (Å²) in [5.41, 5.74) is 3.32. The first-order valence-electron chi connectivity index (χ1n) is 6.19. The van der Waals surface area contributed by atoms with Gasteiger partial charge in [0, 0.05) is 5.02 Å². The van der Waals surface area contributed by atoms with E-state index in [-0.39, 0.29) is 11.8 Å². The molecular formula is C15H21ClO2. The Morgan fingerprint density at radius 1 is 1.28 bits per heavy atom. The Morgan fingerprint density at radius 3 is 2.39 bits per heavy atom. The van der Waals surface area contributed by atoms with Crippen LogP contribution in [0.25, 0.3) is 0 Å². The molecule has 3 heteroatoms. The molecule has 0 atom stereocenters. The second-order valence-electron chi connectivity index (χ2n) is 5.76. The third-order valence-corrected chi connectivity index (χ3v) is 3.72. The van der Waals surface area contributed by atoms with Gasteiger partial charge in [0.2, 0.25) is 0 Å². The van der Waals surface area contributed by atoms with Gasteiger partial charge in [0.15, 0.2) is 0 Å². The number of carbonyl (C=O) groups is 1. The smallest absolute Gasteiger partial charge is 0.303 e. The molecule has 18 heavy (non-hydrogen) atoms. The molecule has 0 spiro atoms. The monoisotopic (exact) mass is 268 g/mol. The van der Waals surface area contributed by atoms with E-state index in [0.717, 1.165) is 23.4 Å². The standard InChI is InChI=1S/C15H21ClO2/c1-10-7-12(13(16)8-11(10)2)5-6-15(3,4)9-14(17)18/h7-8H,5-6,9H2,1-4H3,(H,17,18). The van der Waals surface area contributed by atoms with Crippen molar-refractivity contribution in [3.05, 3.63) is 33.8 Å². The van der Waals surface area contributed by atoms with E-state index in [2.05, 4.69) is 13.0 Å². The van der Waals surface area contributed by atoms with Crippen molar-refractivity contribution in [1.29, 1.82) is 0 Å². The molecule has 0 aliphatic heterocycles. The van der Waals surface area contributed by atoms with Gasteiger partial charge in [-0.15, -0.1) is 0 Å². The van der Waals surface area contributed by atoms with E-state index in [9.17, 15) is 4.79 Å². The van der Waals surface area contributed by atoms with Gasteiger partial charge in [-0.05, 0) is 54.9 Å². The van der Waals surface area contributed by atoms with Gasteiger partial charge in [0.1, 0.15) is 0 Å². The maximum absolute atomic E-state index is 10.8. The third kappa shape index (κ3) is 4.34. The molecule has 0 bridgehead atoms. The summed E-state index contributed by atoms with van der Waals surface area (Å²) < 4.78 is 0. The summed E-state index contributed by atoms with van der Waals surface area (Å²) in [4.78, 5) is 10.8. The highest BCUT2D eigenvalue weighted by atomic mass is 35.5. The van der Waals surface area contributed by atoms with E-state index in [0.29, 0.717) is 0 Å². The minimum Gasteiger partial charge on any atom is -0.481 e. The minimum atomic E-state index is -0.744. The van der Waals surface area contributed by atoms with E-state index < -0.39 is 5.97 Å². The maximum atomic E-state index is 10.8. The van der Waals surface area contributed by atoms with Crippen molar-refractivity contribution in [3.8, 4) is 0 Å². The van der Waals surface area contributed by atoms with Gasteiger partial charge in [-0.3, -0.25) is 4.79 Å². The van der Waals surface area contributed by atoms with Gasteiger partial charge >= 0.3 is 5.97 Å². The Balaban J connectivity index is 2.74. The van der Waals surface area contributed by atoms with Crippen LogP contribution in [-0.4, -0.2) is 11.1 Å². The van der Waals surface area contributed by atoms with Crippen LogP contribution in [0.3, 0.4) is 0 Å². The zero-order chi connectivity index (χ0) is 13.9. The van der Waals surface area contributed by atoms with Crippen molar-refractivity contribution in [3.63, 3.8) is 0 Å². The van der Waals surface area contributed by atoms with Crippen LogP contribution in [0.4, 0.5) is 0 Å². The molecule has 0 amide bonds. The topological polar surface area (TPSA) is 37.3 Å². The lowest BCUT2D eigenvalue weighted by molar-refractivity contribution is -0.139. The van der Waals surface area contributed by atoms with E-state index >= 15 is 0 Å². The number of rotatable bonds is 5. The number of carboxylic acid groups (broad SMARTS) is 1. The van der Waals surface area contributed by atoms with Gasteiger partial charge in [-0.2, -0.15) is 0 Å². The van der Waals surface area contributed by atoms with Crippen LogP contribution in [-0.2, 0) is 11.2 Å². The maximum Gasteiger partial charge on any atom is 0.303 e. The third-order valence-electron chi connectivity index (χ3n) is 3.36. The summed E-state index contributed by atoms with van der Waals surface area (Å²) in [6.07, 6.45) is 1.83. The average Bonchev–Trinajstić information content (AvgIpc) is 2.19. The lowest BCUT2D eigenvalue weighted by atomic mass is 9.83. The van der Waals surface area contributed by atoms with Gasteiger partial charge in [-0.1, -0.05) is 31.5 Å². The number of carboxylic acids is 1. The summed E-state index contributed by atoms with van der Waals surface area (Å²) >= 11 is 6.22. The fraction of sp³-hybridized carbons (Fsp3) is 0.533. The lowest BCUT2D eigenvalue weighted by Gasteiger charge is -2.22. The van der Waals surface area contributed by atoms with Crippen LogP contribution < -0.4 is 0 Å². The molecular weight excluding hydrogens is 248 g/mol. The molecule has 0 saturated carbocycles. The van der Waals surface area contributed by atoms with E-state index in [1.165, 1.54) is 11.1 Å². The first-order chi connectivity index (χ1) is 8.21. The van der Waals surface area contributed by atoms with Crippen LogP contribution in [0.2, 0.25) is 5.02 Å². The van der Waals surface area contributed by atoms with Crippen LogP contribution >= 0.6 is 11.6 Å². The highest BCUT2D eigenvalue weighted by molar-refractivity contribution is 6.31. The minimum absolute atomic E-state index is 0.190. The van der Waals surface area contributed by atoms with Crippen molar-refractivity contribution in [2.24, 2.45) is 5.41 Å². The fourth-order valence-electron chi connectivity index (χ4n) is 2.00. The lowest BCUT2D eigenvalue weighted by Crippen LogP contribution is -2.17. The fourth-order valence-corrected chi connectivity index (χ4v) is 2.32. The van der Waals surface area contributed by atoms with Gasteiger partial charge < -0.3 is 5.11 Å². The molecule has 100 valence electrons. The largest absolute Gasteiger partial charge is 0.481 e. The summed E-state index contributed by atoms with van der Waals surface area (Å²) in [6, 6.07) is 4.09. The normalized spacial score (nSPS) is 11.6. The van der Waals surface area contributed by atoms with Crippen LogP contribution in [0.1, 0.15) is 43.4 Å². The number of hydrogen-bond acceptors (Lipinski definition) is 1. The Bertz CT molecular complexity index is 450. The molecule has 2 nitrogen and oxygen atoms in total. The first kappa shape index (κ1) is 15.0. The Labute approximate surface area is 114 Å². The number of hydrogen-bond donors (Lipinski definition) is 1. The first-order valence-corrected chi connectivity index (χ1v) is 6.56. The van der Waals surface area contributed by atoms with Crippen molar-refractivity contribution in [2.45, 2.75) is 47.0 Å². The molecule has 0 aromatic heterocycles. The van der Waals surface area contributed by atoms with E-state index in [4.69, 9.17) is 16.7 Å². The van der Waals surface area contributed by atoms with Crippen LogP contribution in [0.15, 0.2) is 12.1 Å². The van der Waals surface area contributed by atoms with E-state index in [1.54, 1.807) is 0 Å². The molecule has 0 aliphatic rings. The quantitative estimate of drug-likeness (QED) is 0.860. The molecule has 0 fully saturated rings. The summed E-state index contributed by atoms with van der Waals surface area (Å²) in [6.45, 7) is 8.07. The number of aryl methyl sites for hydroxylation is 3. The number of aliphatic carboxylic acids is 1. The zero-order valence-corrected chi connectivity index (χ0v) is 12.3. The van der Waals surface area contributed by atoms with Crippen LogP contribution in [0, 0.1) is 19.3 Å². The Kier molecular flexibility index (Phi) is 4.80. The Morgan fingerprint density at radius 2 is 1.83 bits per heavy atom. The second kappa shape index (κ2) is 5.75. The highest BCUT2D eigenvalue weighted by Gasteiger charge is 2.21. The molecule has 1 N–H and O–H groups in total. The van der Waals surface area contributed by atoms with Gasteiger partial charge in [0.05, 0.1) is 6.42 Å². The molecule has 0 saturated heterocycles. The molecule has 0 aliphatic carbocycles. The molecule has 0 unspecified atom stereocenters. The number of benzene rings is 1. The summed E-state index contributed by atoms with van der Waals surface area (Å²) in [7, 11) is 0. The second-order valence-corrected chi connectivity index (χ2v) is 6.17. The molecule has 0 heterocycles. The number of halogens is 1. The van der Waals surface area contributed by atoms with Gasteiger partial charge in [-0.25, -0.2) is 0 Å². The molecule has 1 aromatic rings. The SMILES string of the molecule is Cc1cc(Cl)c(CCC(C)(C)CC(=O)O)cc1C. The van der Waals surface area contributed by atoms with Crippen molar-refractivity contribution < 1.29 is 9.90 Å². The Hall–Kier alpha value is -1.02. The van der Waals surface area contributed by atoms with E-state index in [1.807, 2.05) is 26.8 Å². The zero-order valence-electron chi connectivity index (χ0n) is 11.5.